The molecule has 0 aliphatic carbocycles. The Morgan fingerprint density at radius 3 is 2.79 bits per heavy atom. The summed E-state index contributed by atoms with van der Waals surface area (Å²) in [5, 5.41) is 4.86. The van der Waals surface area contributed by atoms with Crippen molar-refractivity contribution in [3.05, 3.63) is 51.7 Å². The molecule has 2 heterocycles. The molecule has 0 spiro atoms. The van der Waals surface area contributed by atoms with Crippen molar-refractivity contribution >= 4 is 33.0 Å². The van der Waals surface area contributed by atoms with Crippen LogP contribution in [0, 0.1) is 6.92 Å². The zero-order valence-corrected chi connectivity index (χ0v) is 15.1. The summed E-state index contributed by atoms with van der Waals surface area (Å²) in [6, 6.07) is 9.10. The summed E-state index contributed by atoms with van der Waals surface area (Å²) >= 11 is 1.60. The molecule has 1 N–H and O–H groups in total. The van der Waals surface area contributed by atoms with Gasteiger partial charge in [-0.25, -0.2) is 8.42 Å². The lowest BCUT2D eigenvalue weighted by Crippen LogP contribution is -2.38. The van der Waals surface area contributed by atoms with E-state index >= 15 is 0 Å². The van der Waals surface area contributed by atoms with E-state index in [1.807, 2.05) is 24.4 Å². The molecule has 128 valence electrons. The van der Waals surface area contributed by atoms with Crippen molar-refractivity contribution in [3.63, 3.8) is 0 Å². The molecule has 3 rings (SSSR count). The van der Waals surface area contributed by atoms with Crippen LogP contribution in [0.5, 0.6) is 0 Å². The van der Waals surface area contributed by atoms with Gasteiger partial charge in [0.1, 0.15) is 0 Å². The molecule has 0 saturated carbocycles. The number of anilines is 1. The van der Waals surface area contributed by atoms with Crippen molar-refractivity contribution in [1.82, 2.24) is 5.32 Å². The van der Waals surface area contributed by atoms with Crippen molar-refractivity contribution in [2.45, 2.75) is 26.3 Å². The highest BCUT2D eigenvalue weighted by Gasteiger charge is 2.27. The van der Waals surface area contributed by atoms with Crippen LogP contribution in [0.4, 0.5) is 5.69 Å². The summed E-state index contributed by atoms with van der Waals surface area (Å²) < 4.78 is 25.9. The van der Waals surface area contributed by atoms with Crippen LogP contribution >= 0.6 is 11.3 Å². The van der Waals surface area contributed by atoms with E-state index in [1.54, 1.807) is 29.5 Å². The van der Waals surface area contributed by atoms with Gasteiger partial charge >= 0.3 is 0 Å². The predicted octanol–water partition coefficient (Wildman–Crippen LogP) is 2.92. The number of nitrogens with one attached hydrogen (secondary N) is 1. The van der Waals surface area contributed by atoms with Crippen molar-refractivity contribution < 1.29 is 13.2 Å². The standard InChI is InChI=1S/C17H20N2O3S2/c1-13-11-14(17(20)18-12-15-5-4-9-23-15)6-7-16(13)19-8-2-3-10-24(19,21)22/h4-7,9,11H,2-3,8,10,12H2,1H3,(H,18,20). The Morgan fingerprint density at radius 2 is 2.12 bits per heavy atom. The molecule has 5 nitrogen and oxygen atoms in total. The van der Waals surface area contributed by atoms with E-state index in [2.05, 4.69) is 5.32 Å². The van der Waals surface area contributed by atoms with Crippen LogP contribution in [0.15, 0.2) is 35.7 Å². The monoisotopic (exact) mass is 364 g/mol. The third-order valence-corrected chi connectivity index (χ3v) is 6.81. The minimum Gasteiger partial charge on any atom is -0.347 e. The third kappa shape index (κ3) is 3.62. The fraction of sp³-hybridized carbons (Fsp3) is 0.353. The Kier molecular flexibility index (Phi) is 4.91. The zero-order valence-electron chi connectivity index (χ0n) is 13.5. The molecule has 1 aromatic carbocycles. The minimum absolute atomic E-state index is 0.153. The number of thiophene rings is 1. The first-order valence-corrected chi connectivity index (χ1v) is 10.4. The van der Waals surface area contributed by atoms with Crippen LogP contribution in [0.2, 0.25) is 0 Å². The molecule has 1 aliphatic heterocycles. The van der Waals surface area contributed by atoms with Gasteiger partial charge in [-0.1, -0.05) is 6.07 Å². The summed E-state index contributed by atoms with van der Waals surface area (Å²) in [5.41, 5.74) is 2.01. The summed E-state index contributed by atoms with van der Waals surface area (Å²) in [5.74, 6) is 0.0368. The summed E-state index contributed by atoms with van der Waals surface area (Å²) in [6.07, 6.45) is 1.57. The van der Waals surface area contributed by atoms with Crippen LogP contribution in [0.25, 0.3) is 0 Å². The minimum atomic E-state index is -3.24. The largest absolute Gasteiger partial charge is 0.347 e. The van der Waals surface area contributed by atoms with Gasteiger partial charge in [0.15, 0.2) is 0 Å². The van der Waals surface area contributed by atoms with Crippen LogP contribution in [-0.2, 0) is 16.6 Å². The van der Waals surface area contributed by atoms with E-state index in [1.165, 1.54) is 4.31 Å². The molecular weight excluding hydrogens is 344 g/mol. The van der Waals surface area contributed by atoms with Crippen molar-refractivity contribution in [2.75, 3.05) is 16.6 Å². The second-order valence-electron chi connectivity index (χ2n) is 5.86. The number of carbonyl (C=O) groups is 1. The highest BCUT2D eigenvalue weighted by Crippen LogP contribution is 2.27. The Balaban J connectivity index is 1.75. The molecule has 0 atom stereocenters. The molecule has 1 aliphatic rings. The second kappa shape index (κ2) is 6.94. The fourth-order valence-electron chi connectivity index (χ4n) is 2.82. The average molecular weight is 364 g/mol. The first-order valence-electron chi connectivity index (χ1n) is 7.89. The van der Waals surface area contributed by atoms with E-state index in [0.717, 1.165) is 16.9 Å². The number of aryl methyl sites for hydroxylation is 1. The highest BCUT2D eigenvalue weighted by atomic mass is 32.2. The van der Waals surface area contributed by atoms with Gasteiger partial charge in [0.05, 0.1) is 18.0 Å². The fourth-order valence-corrected chi connectivity index (χ4v) is 5.16. The molecule has 1 amide bonds. The lowest BCUT2D eigenvalue weighted by molar-refractivity contribution is 0.0951. The number of nitrogens with zero attached hydrogens (tertiary/aromatic N) is 1. The molecular formula is C17H20N2O3S2. The smallest absolute Gasteiger partial charge is 0.251 e. The number of amides is 1. The molecule has 24 heavy (non-hydrogen) atoms. The Morgan fingerprint density at radius 1 is 1.29 bits per heavy atom. The van der Waals surface area contributed by atoms with Crippen LogP contribution in [-0.4, -0.2) is 26.6 Å². The number of sulfonamides is 1. The van der Waals surface area contributed by atoms with Crippen LogP contribution in [0.3, 0.4) is 0 Å². The molecule has 1 fully saturated rings. The number of hydrogen-bond acceptors (Lipinski definition) is 4. The number of carbonyl (C=O) groups excluding carboxylic acids is 1. The number of hydrogen-bond donors (Lipinski definition) is 1. The molecule has 7 heteroatoms. The van der Waals surface area contributed by atoms with Gasteiger partial charge < -0.3 is 5.32 Å². The third-order valence-electron chi connectivity index (χ3n) is 4.08. The van der Waals surface area contributed by atoms with Crippen molar-refractivity contribution in [2.24, 2.45) is 0 Å². The van der Waals surface area contributed by atoms with Gasteiger partial charge in [-0.05, 0) is 55.0 Å². The molecule has 0 radical (unpaired) electrons. The van der Waals surface area contributed by atoms with Gasteiger partial charge in [-0.3, -0.25) is 9.10 Å². The SMILES string of the molecule is Cc1cc(C(=O)NCc2cccs2)ccc1N1CCCCS1(=O)=O. The molecule has 1 saturated heterocycles. The molecule has 2 aromatic rings. The van der Waals surface area contributed by atoms with Gasteiger partial charge in [0.2, 0.25) is 10.0 Å². The Bertz CT molecular complexity index is 830. The van der Waals surface area contributed by atoms with Crippen molar-refractivity contribution in [1.29, 1.82) is 0 Å². The summed E-state index contributed by atoms with van der Waals surface area (Å²) in [4.78, 5) is 13.4. The maximum atomic E-state index is 12.3. The maximum Gasteiger partial charge on any atom is 0.251 e. The second-order valence-corrected chi connectivity index (χ2v) is 8.90. The lowest BCUT2D eigenvalue weighted by atomic mass is 10.1. The zero-order chi connectivity index (χ0) is 17.2. The van der Waals surface area contributed by atoms with E-state index in [-0.39, 0.29) is 11.7 Å². The van der Waals surface area contributed by atoms with Crippen LogP contribution < -0.4 is 9.62 Å². The molecule has 0 unspecified atom stereocenters. The number of benzene rings is 1. The van der Waals surface area contributed by atoms with Crippen molar-refractivity contribution in [3.8, 4) is 0 Å². The van der Waals surface area contributed by atoms with Gasteiger partial charge in [0.25, 0.3) is 5.91 Å². The van der Waals surface area contributed by atoms with E-state index < -0.39 is 10.0 Å². The maximum absolute atomic E-state index is 12.3. The number of rotatable bonds is 4. The normalized spacial score (nSPS) is 16.8. The van der Waals surface area contributed by atoms with Gasteiger partial charge in [-0.2, -0.15) is 0 Å². The Hall–Kier alpha value is -1.86. The quantitative estimate of drug-likeness (QED) is 0.907. The predicted molar refractivity (Wildman–Crippen MR) is 97.0 cm³/mol. The lowest BCUT2D eigenvalue weighted by Gasteiger charge is -2.29. The average Bonchev–Trinajstić information content (AvgIpc) is 3.06. The summed E-state index contributed by atoms with van der Waals surface area (Å²) in [7, 11) is -3.24. The summed E-state index contributed by atoms with van der Waals surface area (Å²) in [6.45, 7) is 2.85. The molecule has 0 bridgehead atoms. The van der Waals surface area contributed by atoms with E-state index in [0.29, 0.717) is 30.8 Å². The van der Waals surface area contributed by atoms with E-state index in [4.69, 9.17) is 0 Å². The van der Waals surface area contributed by atoms with Gasteiger partial charge in [-0.15, -0.1) is 11.3 Å². The first-order chi connectivity index (χ1) is 11.5. The van der Waals surface area contributed by atoms with Crippen LogP contribution in [0.1, 0.15) is 33.6 Å². The highest BCUT2D eigenvalue weighted by molar-refractivity contribution is 7.92. The molecule has 1 aromatic heterocycles. The topological polar surface area (TPSA) is 66.5 Å². The van der Waals surface area contributed by atoms with Gasteiger partial charge in [0, 0.05) is 17.0 Å². The Labute approximate surface area is 146 Å². The van der Waals surface area contributed by atoms with E-state index in [9.17, 15) is 13.2 Å². The first kappa shape index (κ1) is 17.0.